The molecule has 0 aliphatic carbocycles. The van der Waals surface area contributed by atoms with Gasteiger partial charge in [0.25, 0.3) is 5.91 Å². The number of guanidine groups is 1. The Morgan fingerprint density at radius 1 is 1.29 bits per heavy atom. The van der Waals surface area contributed by atoms with Crippen LogP contribution in [0, 0.1) is 0 Å². The van der Waals surface area contributed by atoms with E-state index in [9.17, 15) is 4.79 Å². The van der Waals surface area contributed by atoms with E-state index in [1.807, 2.05) is 42.2 Å². The number of aliphatic imine (C=N–C) groups is 1. The molecule has 3 N–H and O–H groups in total. The molecule has 0 fully saturated rings. The maximum absolute atomic E-state index is 11.8. The van der Waals surface area contributed by atoms with Crippen LogP contribution in [-0.2, 0) is 13.6 Å². The van der Waals surface area contributed by atoms with Gasteiger partial charge in [0, 0.05) is 32.9 Å². The second-order valence-electron chi connectivity index (χ2n) is 5.15. The second kappa shape index (κ2) is 9.71. The van der Waals surface area contributed by atoms with Crippen molar-refractivity contribution in [3.8, 4) is 0 Å². The molecule has 0 saturated heterocycles. The van der Waals surface area contributed by atoms with Gasteiger partial charge in [-0.2, -0.15) is 5.10 Å². The third-order valence-electron chi connectivity index (χ3n) is 3.34. The molecule has 2 aromatic heterocycles. The zero-order chi connectivity index (χ0) is 17.2. The first-order valence-corrected chi connectivity index (χ1v) is 8.89. The molecule has 8 heteroatoms. The van der Waals surface area contributed by atoms with Gasteiger partial charge in [-0.3, -0.25) is 9.48 Å². The van der Waals surface area contributed by atoms with Crippen LogP contribution in [0.25, 0.3) is 0 Å². The highest BCUT2D eigenvalue weighted by molar-refractivity contribution is 7.12. The number of hydrogen-bond donors (Lipinski definition) is 3. The molecule has 2 aromatic rings. The van der Waals surface area contributed by atoms with Gasteiger partial charge in [-0.05, 0) is 30.9 Å². The third kappa shape index (κ3) is 5.69. The first-order valence-electron chi connectivity index (χ1n) is 8.01. The molecule has 0 spiro atoms. The fraction of sp³-hybridized carbons (Fsp3) is 0.438. The molecule has 0 saturated carbocycles. The largest absolute Gasteiger partial charge is 0.357 e. The average Bonchev–Trinajstić information content (AvgIpc) is 3.23. The molecule has 0 unspecified atom stereocenters. The monoisotopic (exact) mass is 348 g/mol. The lowest BCUT2D eigenvalue weighted by molar-refractivity contribution is 0.0957. The van der Waals surface area contributed by atoms with Crippen molar-refractivity contribution < 1.29 is 4.79 Å². The fourth-order valence-corrected chi connectivity index (χ4v) is 2.69. The van der Waals surface area contributed by atoms with Gasteiger partial charge >= 0.3 is 0 Å². The molecule has 1 amide bonds. The molecular formula is C16H24N6OS. The van der Waals surface area contributed by atoms with Crippen molar-refractivity contribution in [2.24, 2.45) is 12.0 Å². The summed E-state index contributed by atoms with van der Waals surface area (Å²) in [5.41, 5.74) is 1.05. The number of hydrogen-bond acceptors (Lipinski definition) is 4. The number of aryl methyl sites for hydroxylation is 1. The molecule has 0 aromatic carbocycles. The van der Waals surface area contributed by atoms with Crippen LogP contribution in [0.3, 0.4) is 0 Å². The maximum Gasteiger partial charge on any atom is 0.261 e. The summed E-state index contributed by atoms with van der Waals surface area (Å²) in [6.07, 6.45) is 2.59. The van der Waals surface area contributed by atoms with Crippen LogP contribution in [0.1, 0.15) is 28.7 Å². The van der Waals surface area contributed by atoms with E-state index < -0.39 is 0 Å². The van der Waals surface area contributed by atoms with Gasteiger partial charge in [-0.15, -0.1) is 11.3 Å². The van der Waals surface area contributed by atoms with Gasteiger partial charge in [0.15, 0.2) is 5.96 Å². The minimum atomic E-state index is -0.0122. The van der Waals surface area contributed by atoms with Gasteiger partial charge in [-0.1, -0.05) is 6.07 Å². The number of thiophene rings is 1. The summed E-state index contributed by atoms with van der Waals surface area (Å²) in [6.45, 7) is 4.77. The van der Waals surface area contributed by atoms with Gasteiger partial charge < -0.3 is 16.0 Å². The van der Waals surface area contributed by atoms with E-state index in [1.165, 1.54) is 11.3 Å². The Kier molecular flexibility index (Phi) is 7.28. The van der Waals surface area contributed by atoms with Crippen molar-refractivity contribution >= 4 is 23.2 Å². The molecular weight excluding hydrogens is 324 g/mol. The number of nitrogens with one attached hydrogen (secondary N) is 3. The van der Waals surface area contributed by atoms with E-state index >= 15 is 0 Å². The molecule has 2 heterocycles. The Bertz CT molecular complexity index is 649. The van der Waals surface area contributed by atoms with E-state index in [-0.39, 0.29) is 5.91 Å². The zero-order valence-corrected chi connectivity index (χ0v) is 14.9. The Morgan fingerprint density at radius 2 is 2.12 bits per heavy atom. The maximum atomic E-state index is 11.8. The number of nitrogens with zero attached hydrogens (tertiary/aromatic N) is 3. The van der Waals surface area contributed by atoms with Crippen LogP contribution in [0.15, 0.2) is 34.8 Å². The SMILES string of the molecule is CCNC(=NCc1ccnn1C)NCCCNC(=O)c1cccs1. The van der Waals surface area contributed by atoms with Crippen molar-refractivity contribution in [2.75, 3.05) is 19.6 Å². The molecule has 7 nitrogen and oxygen atoms in total. The fourth-order valence-electron chi connectivity index (χ4n) is 2.05. The normalized spacial score (nSPS) is 11.3. The topological polar surface area (TPSA) is 83.3 Å². The molecule has 0 aliphatic heterocycles. The molecule has 2 rings (SSSR count). The van der Waals surface area contributed by atoms with Crippen molar-refractivity contribution in [1.82, 2.24) is 25.7 Å². The van der Waals surface area contributed by atoms with Crippen LogP contribution in [-0.4, -0.2) is 41.3 Å². The van der Waals surface area contributed by atoms with Gasteiger partial charge in [-0.25, -0.2) is 4.99 Å². The predicted octanol–water partition coefficient (Wildman–Crippen LogP) is 1.36. The number of aromatic nitrogens is 2. The Balaban J connectivity index is 1.69. The lowest BCUT2D eigenvalue weighted by Gasteiger charge is -2.11. The Morgan fingerprint density at radius 3 is 2.79 bits per heavy atom. The van der Waals surface area contributed by atoms with Crippen LogP contribution >= 0.6 is 11.3 Å². The summed E-state index contributed by atoms with van der Waals surface area (Å²) >= 11 is 1.45. The molecule has 130 valence electrons. The predicted molar refractivity (Wildman–Crippen MR) is 97.3 cm³/mol. The second-order valence-corrected chi connectivity index (χ2v) is 6.10. The Labute approximate surface area is 146 Å². The number of rotatable bonds is 8. The van der Waals surface area contributed by atoms with Gasteiger partial charge in [0.1, 0.15) is 0 Å². The molecule has 24 heavy (non-hydrogen) atoms. The summed E-state index contributed by atoms with van der Waals surface area (Å²) in [7, 11) is 1.90. The van der Waals surface area contributed by atoms with Crippen molar-refractivity contribution in [3.63, 3.8) is 0 Å². The summed E-state index contributed by atoms with van der Waals surface area (Å²) in [6, 6.07) is 5.66. The molecule has 0 radical (unpaired) electrons. The van der Waals surface area contributed by atoms with Crippen molar-refractivity contribution in [2.45, 2.75) is 19.9 Å². The van der Waals surface area contributed by atoms with E-state index in [4.69, 9.17) is 0 Å². The molecule has 0 bridgehead atoms. The summed E-state index contributed by atoms with van der Waals surface area (Å²) in [4.78, 5) is 17.1. The lowest BCUT2D eigenvalue weighted by atomic mass is 10.4. The smallest absolute Gasteiger partial charge is 0.261 e. The quantitative estimate of drug-likeness (QED) is 0.382. The van der Waals surface area contributed by atoms with Crippen molar-refractivity contribution in [3.05, 3.63) is 40.3 Å². The van der Waals surface area contributed by atoms with E-state index in [0.717, 1.165) is 36.0 Å². The molecule has 0 aliphatic rings. The van der Waals surface area contributed by atoms with E-state index in [1.54, 1.807) is 6.20 Å². The van der Waals surface area contributed by atoms with Gasteiger partial charge in [0.05, 0.1) is 17.1 Å². The van der Waals surface area contributed by atoms with E-state index in [0.29, 0.717) is 13.1 Å². The summed E-state index contributed by atoms with van der Waals surface area (Å²) < 4.78 is 1.81. The van der Waals surface area contributed by atoms with Crippen LogP contribution < -0.4 is 16.0 Å². The van der Waals surface area contributed by atoms with Gasteiger partial charge in [0.2, 0.25) is 0 Å². The minimum absolute atomic E-state index is 0.0122. The lowest BCUT2D eigenvalue weighted by Crippen LogP contribution is -2.38. The Hall–Kier alpha value is -2.35. The summed E-state index contributed by atoms with van der Waals surface area (Å²) in [5, 5.41) is 15.4. The first kappa shape index (κ1) is 18.0. The first-order chi connectivity index (χ1) is 11.7. The highest BCUT2D eigenvalue weighted by Crippen LogP contribution is 2.07. The summed E-state index contributed by atoms with van der Waals surface area (Å²) in [5.74, 6) is 0.755. The highest BCUT2D eigenvalue weighted by Gasteiger charge is 2.05. The highest BCUT2D eigenvalue weighted by atomic mass is 32.1. The number of amides is 1. The van der Waals surface area contributed by atoms with Crippen molar-refractivity contribution in [1.29, 1.82) is 0 Å². The average molecular weight is 348 g/mol. The molecule has 0 atom stereocenters. The van der Waals surface area contributed by atoms with Crippen LogP contribution in [0.2, 0.25) is 0 Å². The van der Waals surface area contributed by atoms with E-state index in [2.05, 4.69) is 26.0 Å². The minimum Gasteiger partial charge on any atom is -0.357 e. The third-order valence-corrected chi connectivity index (χ3v) is 4.21. The number of carbonyl (C=O) groups is 1. The van der Waals surface area contributed by atoms with Crippen LogP contribution in [0.4, 0.5) is 0 Å². The number of carbonyl (C=O) groups excluding carboxylic acids is 1. The zero-order valence-electron chi connectivity index (χ0n) is 14.1. The van der Waals surface area contributed by atoms with Crippen LogP contribution in [0.5, 0.6) is 0 Å². The standard InChI is InChI=1S/C16H24N6OS/c1-3-17-16(20-12-13-7-10-21-22(13)2)19-9-5-8-18-15(23)14-6-4-11-24-14/h4,6-7,10-11H,3,5,8-9,12H2,1-2H3,(H,18,23)(H2,17,19,20).